The number of hydrogen-bond donors (Lipinski definition) is 1. The number of carbonyl (C=O) groups is 2. The Kier molecular flexibility index (Phi) is 9.46. The van der Waals surface area contributed by atoms with Crippen LogP contribution in [0.4, 0.5) is 10.1 Å². The van der Waals surface area contributed by atoms with E-state index in [1.807, 2.05) is 0 Å². The van der Waals surface area contributed by atoms with Gasteiger partial charge in [0, 0.05) is 12.6 Å². The molecule has 0 aromatic heterocycles. The minimum atomic E-state index is -4.33. The lowest BCUT2D eigenvalue weighted by Crippen LogP contribution is -2.52. The van der Waals surface area contributed by atoms with E-state index in [1.54, 1.807) is 63.2 Å². The van der Waals surface area contributed by atoms with Gasteiger partial charge in [-0.25, -0.2) is 12.8 Å². The van der Waals surface area contributed by atoms with E-state index in [-0.39, 0.29) is 23.2 Å². The highest BCUT2D eigenvalue weighted by Crippen LogP contribution is 2.27. The molecule has 0 aliphatic heterocycles. The van der Waals surface area contributed by atoms with Crippen LogP contribution in [0.2, 0.25) is 0 Å². The minimum Gasteiger partial charge on any atom is -0.497 e. The number of methoxy groups -OCH3 is 1. The largest absolute Gasteiger partial charge is 0.497 e. The first-order valence-electron chi connectivity index (χ1n) is 12.1. The third-order valence-corrected chi connectivity index (χ3v) is 7.59. The molecule has 0 aliphatic rings. The molecule has 3 aromatic carbocycles. The summed E-state index contributed by atoms with van der Waals surface area (Å²) in [5, 5.41) is 2.79. The van der Waals surface area contributed by atoms with E-state index in [1.165, 1.54) is 42.3 Å². The maximum absolute atomic E-state index is 14.9. The Morgan fingerprint density at radius 2 is 1.61 bits per heavy atom. The molecule has 2 amide bonds. The van der Waals surface area contributed by atoms with Crippen LogP contribution in [0.5, 0.6) is 5.75 Å². The van der Waals surface area contributed by atoms with Gasteiger partial charge in [0.2, 0.25) is 11.8 Å². The SMILES string of the molecule is COc1cccc(CN(C(=O)CN(c2ccccc2F)S(=O)(=O)c2ccccc2)[C@H](C)C(=O)NC(C)C)c1. The average Bonchev–Trinajstić information content (AvgIpc) is 2.90. The van der Waals surface area contributed by atoms with Gasteiger partial charge in [0.15, 0.2) is 0 Å². The zero-order valence-corrected chi connectivity index (χ0v) is 22.6. The van der Waals surface area contributed by atoms with E-state index in [0.717, 1.165) is 10.4 Å². The van der Waals surface area contributed by atoms with Crippen molar-refractivity contribution >= 4 is 27.5 Å². The van der Waals surface area contributed by atoms with Crippen molar-refractivity contribution in [2.45, 2.75) is 44.3 Å². The third-order valence-electron chi connectivity index (χ3n) is 5.82. The number of benzene rings is 3. The van der Waals surface area contributed by atoms with Crippen LogP contribution < -0.4 is 14.4 Å². The molecule has 0 radical (unpaired) electrons. The second kappa shape index (κ2) is 12.6. The third kappa shape index (κ3) is 6.89. The molecule has 38 heavy (non-hydrogen) atoms. The van der Waals surface area contributed by atoms with Crippen molar-refractivity contribution in [1.82, 2.24) is 10.2 Å². The van der Waals surface area contributed by atoms with Gasteiger partial charge < -0.3 is 15.0 Å². The summed E-state index contributed by atoms with van der Waals surface area (Å²) in [6.45, 7) is 4.44. The summed E-state index contributed by atoms with van der Waals surface area (Å²) in [4.78, 5) is 27.9. The minimum absolute atomic E-state index is 0.000782. The monoisotopic (exact) mass is 541 g/mol. The van der Waals surface area contributed by atoms with Crippen molar-refractivity contribution in [2.24, 2.45) is 0 Å². The van der Waals surface area contributed by atoms with Crippen molar-refractivity contribution in [3.05, 3.63) is 90.2 Å². The number of rotatable bonds is 11. The molecule has 0 bridgehead atoms. The molecule has 3 aromatic rings. The molecule has 0 spiro atoms. The summed E-state index contributed by atoms with van der Waals surface area (Å²) in [7, 11) is -2.81. The maximum Gasteiger partial charge on any atom is 0.264 e. The predicted molar refractivity (Wildman–Crippen MR) is 144 cm³/mol. The lowest BCUT2D eigenvalue weighted by Gasteiger charge is -2.32. The molecule has 0 saturated carbocycles. The fourth-order valence-corrected chi connectivity index (χ4v) is 5.29. The van der Waals surface area contributed by atoms with Crippen molar-refractivity contribution in [1.29, 1.82) is 0 Å². The van der Waals surface area contributed by atoms with Gasteiger partial charge in [-0.1, -0.05) is 42.5 Å². The Balaban J connectivity index is 2.04. The molecule has 0 fully saturated rings. The van der Waals surface area contributed by atoms with Crippen LogP contribution in [0.25, 0.3) is 0 Å². The number of halogens is 1. The zero-order chi connectivity index (χ0) is 27.9. The number of hydrogen-bond acceptors (Lipinski definition) is 5. The van der Waals surface area contributed by atoms with Crippen LogP contribution in [0.3, 0.4) is 0 Å². The molecular formula is C28H32FN3O5S. The van der Waals surface area contributed by atoms with Crippen LogP contribution >= 0.6 is 0 Å². The first kappa shape index (κ1) is 28.6. The van der Waals surface area contributed by atoms with Gasteiger partial charge in [-0.3, -0.25) is 13.9 Å². The van der Waals surface area contributed by atoms with Crippen LogP contribution in [0.15, 0.2) is 83.8 Å². The van der Waals surface area contributed by atoms with Crippen LogP contribution in [0, 0.1) is 5.82 Å². The Morgan fingerprint density at radius 3 is 2.24 bits per heavy atom. The quantitative estimate of drug-likeness (QED) is 0.396. The number of nitrogens with zero attached hydrogens (tertiary/aromatic N) is 2. The molecule has 0 unspecified atom stereocenters. The Morgan fingerprint density at radius 1 is 0.947 bits per heavy atom. The van der Waals surface area contributed by atoms with Gasteiger partial charge in [-0.2, -0.15) is 0 Å². The highest BCUT2D eigenvalue weighted by molar-refractivity contribution is 7.92. The van der Waals surface area contributed by atoms with Crippen molar-refractivity contribution in [2.75, 3.05) is 18.0 Å². The molecule has 202 valence electrons. The second-order valence-electron chi connectivity index (χ2n) is 8.99. The lowest BCUT2D eigenvalue weighted by atomic mass is 10.1. The first-order chi connectivity index (χ1) is 18.0. The van der Waals surface area contributed by atoms with Gasteiger partial charge in [-0.15, -0.1) is 0 Å². The van der Waals surface area contributed by atoms with E-state index >= 15 is 0 Å². The van der Waals surface area contributed by atoms with Gasteiger partial charge in [-0.05, 0) is 62.7 Å². The molecule has 0 saturated heterocycles. The molecule has 0 heterocycles. The Hall–Kier alpha value is -3.92. The molecule has 1 atom stereocenters. The number of para-hydroxylation sites is 1. The topological polar surface area (TPSA) is 96.0 Å². The number of sulfonamides is 1. The highest BCUT2D eigenvalue weighted by atomic mass is 32.2. The van der Waals surface area contributed by atoms with Crippen molar-refractivity contribution in [3.63, 3.8) is 0 Å². The smallest absolute Gasteiger partial charge is 0.264 e. The molecule has 8 nitrogen and oxygen atoms in total. The first-order valence-corrected chi connectivity index (χ1v) is 13.5. The fourth-order valence-electron chi connectivity index (χ4n) is 3.84. The molecular weight excluding hydrogens is 509 g/mol. The molecule has 3 rings (SSSR count). The number of amides is 2. The lowest BCUT2D eigenvalue weighted by molar-refractivity contribution is -0.139. The van der Waals surface area contributed by atoms with Crippen LogP contribution in [-0.2, 0) is 26.2 Å². The van der Waals surface area contributed by atoms with E-state index < -0.39 is 40.2 Å². The summed E-state index contributed by atoms with van der Waals surface area (Å²) in [5.41, 5.74) is 0.399. The average molecular weight is 542 g/mol. The van der Waals surface area contributed by atoms with Crippen LogP contribution in [-0.4, -0.2) is 50.9 Å². The van der Waals surface area contributed by atoms with Gasteiger partial charge in [0.25, 0.3) is 10.0 Å². The van der Waals surface area contributed by atoms with Gasteiger partial charge in [0.1, 0.15) is 24.2 Å². The van der Waals surface area contributed by atoms with Gasteiger partial charge in [0.05, 0.1) is 17.7 Å². The summed E-state index contributed by atoms with van der Waals surface area (Å²) in [6.07, 6.45) is 0. The Labute approximate surface area is 223 Å². The molecule has 0 aliphatic carbocycles. The Bertz CT molecular complexity index is 1370. The molecule has 10 heteroatoms. The van der Waals surface area contributed by atoms with Crippen molar-refractivity contribution in [3.8, 4) is 5.75 Å². The number of nitrogens with one attached hydrogen (secondary N) is 1. The number of ether oxygens (including phenoxy) is 1. The van der Waals surface area contributed by atoms with E-state index in [9.17, 15) is 22.4 Å². The highest BCUT2D eigenvalue weighted by Gasteiger charge is 2.33. The van der Waals surface area contributed by atoms with E-state index in [4.69, 9.17) is 4.74 Å². The normalized spacial score (nSPS) is 12.1. The van der Waals surface area contributed by atoms with Gasteiger partial charge >= 0.3 is 0 Å². The number of carbonyl (C=O) groups excluding carboxylic acids is 2. The standard InChI is InChI=1S/C28H32FN3O5S/c1-20(2)30-28(34)21(3)31(18-22-11-10-12-23(17-22)37-4)27(33)19-32(26-16-9-8-15-25(26)29)38(35,36)24-13-6-5-7-14-24/h5-17,20-21H,18-19H2,1-4H3,(H,30,34)/t21-/m1/s1. The summed E-state index contributed by atoms with van der Waals surface area (Å²) in [6, 6.07) is 18.7. The second-order valence-corrected chi connectivity index (χ2v) is 10.9. The van der Waals surface area contributed by atoms with E-state index in [0.29, 0.717) is 11.3 Å². The molecule has 1 N–H and O–H groups in total. The predicted octanol–water partition coefficient (Wildman–Crippen LogP) is 3.97. The summed E-state index contributed by atoms with van der Waals surface area (Å²) >= 11 is 0. The maximum atomic E-state index is 14.9. The number of anilines is 1. The zero-order valence-electron chi connectivity index (χ0n) is 21.8. The fraction of sp³-hybridized carbons (Fsp3) is 0.286. The summed E-state index contributed by atoms with van der Waals surface area (Å²) < 4.78 is 48.2. The van der Waals surface area contributed by atoms with E-state index in [2.05, 4.69) is 5.32 Å². The van der Waals surface area contributed by atoms with Crippen molar-refractivity contribution < 1.29 is 27.1 Å². The summed E-state index contributed by atoms with van der Waals surface area (Å²) in [5.74, 6) is -1.32. The van der Waals surface area contributed by atoms with Crippen LogP contribution in [0.1, 0.15) is 26.3 Å².